The molecule has 0 aromatic heterocycles. The minimum Gasteiger partial charge on any atom is -0.496 e. The van der Waals surface area contributed by atoms with Gasteiger partial charge in [0.1, 0.15) is 30.1 Å². The quantitative estimate of drug-likeness (QED) is 0.129. The Balaban J connectivity index is 1.47. The third kappa shape index (κ3) is 6.02. The number of benzene rings is 6. The van der Waals surface area contributed by atoms with Gasteiger partial charge in [-0.15, -0.1) is 0 Å². The van der Waals surface area contributed by atoms with Gasteiger partial charge in [0.25, 0.3) is 0 Å². The predicted molar refractivity (Wildman–Crippen MR) is 238 cm³/mol. The van der Waals surface area contributed by atoms with E-state index < -0.39 is 7.14 Å². The monoisotopic (exact) mass is 784 g/mol. The minimum atomic E-state index is -3.77. The van der Waals surface area contributed by atoms with E-state index >= 15 is 4.57 Å². The van der Waals surface area contributed by atoms with Crippen LogP contribution < -0.4 is 29.6 Å². The zero-order valence-corrected chi connectivity index (χ0v) is 35.3. The Morgan fingerprint density at radius 1 is 0.534 bits per heavy atom. The van der Waals surface area contributed by atoms with Gasteiger partial charge in [-0.05, 0) is 106 Å². The Labute approximate surface area is 342 Å². The highest BCUT2D eigenvalue weighted by molar-refractivity contribution is 7.79. The van der Waals surface area contributed by atoms with Crippen molar-refractivity contribution in [3.8, 4) is 67.5 Å². The topological polar surface area (TPSA) is 54.0 Å². The number of hydrogen-bond donors (Lipinski definition) is 0. The van der Waals surface area contributed by atoms with Gasteiger partial charge in [-0.3, -0.25) is 0 Å². The Hall–Kier alpha value is -5.77. The first-order valence-corrected chi connectivity index (χ1v) is 21.9. The molecular weight excluding hydrogens is 736 g/mol. The molecule has 6 heteroatoms. The number of rotatable bonds is 10. The van der Waals surface area contributed by atoms with Gasteiger partial charge in [-0.1, -0.05) is 117 Å². The van der Waals surface area contributed by atoms with Crippen molar-refractivity contribution in [3.05, 3.63) is 155 Å². The molecule has 9 rings (SSSR count). The van der Waals surface area contributed by atoms with Crippen LogP contribution in [-0.4, -0.2) is 34.6 Å². The Morgan fingerprint density at radius 3 is 1.36 bits per heavy atom. The summed E-state index contributed by atoms with van der Waals surface area (Å²) in [6.45, 7) is 6.75. The lowest BCUT2D eigenvalue weighted by Gasteiger charge is -2.33. The fourth-order valence-electron chi connectivity index (χ4n) is 9.87. The summed E-state index contributed by atoms with van der Waals surface area (Å²) in [7, 11) is 3.00. The predicted octanol–water partition coefficient (Wildman–Crippen LogP) is 11.8. The van der Waals surface area contributed by atoms with Crippen molar-refractivity contribution in [2.24, 2.45) is 5.41 Å². The van der Waals surface area contributed by atoms with E-state index in [1.165, 1.54) is 27.8 Å². The normalized spacial score (nSPS) is 14.7. The molecule has 5 nitrogen and oxygen atoms in total. The molecule has 0 saturated carbocycles. The first kappa shape index (κ1) is 37.8. The van der Waals surface area contributed by atoms with Crippen molar-refractivity contribution >= 4 is 17.8 Å². The SMILES string of the molecule is COc1cccc(OC)c1-c1ccc2c(c1P(=O)(CC1=C(C)CC(C)(C)C=C1)c1c(-c3c(OC)cccc3OC)ccc3c1Cc1ccccc1-3)Cc1ccccc1-2. The van der Waals surface area contributed by atoms with Gasteiger partial charge < -0.3 is 23.5 Å². The highest BCUT2D eigenvalue weighted by Gasteiger charge is 2.43. The van der Waals surface area contributed by atoms with E-state index in [-0.39, 0.29) is 5.41 Å². The van der Waals surface area contributed by atoms with Crippen LogP contribution in [-0.2, 0) is 17.4 Å². The van der Waals surface area contributed by atoms with Crippen molar-refractivity contribution in [1.82, 2.24) is 0 Å². The standard InChI is InChI=1S/C52H49O5P/c1-32-30-52(2,3)27-26-35(32)31-58(53,50-40(48-44(54-4)18-12-19-45(48)55-5)24-22-38-36-16-10-8-14-33(36)28-42(38)50)51-41(49-46(56-6)20-13-21-47(49)57-7)25-23-39-37-17-11-9-15-34(37)29-43(39)51/h8-27H,28-31H2,1-7H3. The van der Waals surface area contributed by atoms with Gasteiger partial charge >= 0.3 is 0 Å². The third-order valence-corrected chi connectivity index (χ3v) is 15.7. The average Bonchev–Trinajstić information content (AvgIpc) is 3.81. The van der Waals surface area contributed by atoms with E-state index in [4.69, 9.17) is 18.9 Å². The molecule has 3 aliphatic carbocycles. The van der Waals surface area contributed by atoms with Crippen LogP contribution in [0.25, 0.3) is 44.5 Å². The molecule has 0 atom stereocenters. The maximum Gasteiger partial charge on any atom is 0.149 e. The number of allylic oxidation sites excluding steroid dienone is 4. The summed E-state index contributed by atoms with van der Waals surface area (Å²) in [5.41, 5.74) is 14.8. The second-order valence-corrected chi connectivity index (χ2v) is 19.1. The number of hydrogen-bond acceptors (Lipinski definition) is 5. The first-order valence-electron chi connectivity index (χ1n) is 20.0. The largest absolute Gasteiger partial charge is 0.496 e. The minimum absolute atomic E-state index is 0.00525. The van der Waals surface area contributed by atoms with Crippen LogP contribution >= 0.6 is 7.14 Å². The van der Waals surface area contributed by atoms with Crippen LogP contribution in [0.3, 0.4) is 0 Å². The van der Waals surface area contributed by atoms with Crippen LogP contribution in [0.15, 0.2) is 132 Å². The Morgan fingerprint density at radius 2 is 0.948 bits per heavy atom. The van der Waals surface area contributed by atoms with Crippen molar-refractivity contribution in [3.63, 3.8) is 0 Å². The molecule has 0 spiro atoms. The fraction of sp³-hybridized carbons (Fsp3) is 0.231. The molecule has 0 heterocycles. The molecule has 0 fully saturated rings. The van der Waals surface area contributed by atoms with E-state index in [2.05, 4.69) is 106 Å². The maximum atomic E-state index is 18.2. The summed E-state index contributed by atoms with van der Waals surface area (Å²) >= 11 is 0. The molecule has 3 aliphatic rings. The van der Waals surface area contributed by atoms with Crippen molar-refractivity contribution in [2.75, 3.05) is 34.6 Å². The van der Waals surface area contributed by atoms with Gasteiger partial charge in [-0.25, -0.2) is 0 Å². The highest BCUT2D eigenvalue weighted by Crippen LogP contribution is 2.59. The summed E-state index contributed by atoms with van der Waals surface area (Å²) in [5.74, 6) is 2.65. The smallest absolute Gasteiger partial charge is 0.149 e. The second-order valence-electron chi connectivity index (χ2n) is 16.4. The molecule has 0 aliphatic heterocycles. The number of fused-ring (bicyclic) bond motifs is 6. The summed E-state index contributed by atoms with van der Waals surface area (Å²) in [4.78, 5) is 0. The van der Waals surface area contributed by atoms with E-state index in [1.54, 1.807) is 28.4 Å². The van der Waals surface area contributed by atoms with E-state index in [0.29, 0.717) is 42.0 Å². The molecular formula is C52H49O5P. The summed E-state index contributed by atoms with van der Waals surface area (Å²) < 4.78 is 42.7. The zero-order valence-electron chi connectivity index (χ0n) is 34.4. The molecule has 0 bridgehead atoms. The van der Waals surface area contributed by atoms with Crippen molar-refractivity contribution in [1.29, 1.82) is 0 Å². The first-order chi connectivity index (χ1) is 28.1. The zero-order chi connectivity index (χ0) is 40.3. The molecule has 58 heavy (non-hydrogen) atoms. The van der Waals surface area contributed by atoms with Gasteiger partial charge in [0, 0.05) is 27.9 Å². The van der Waals surface area contributed by atoms with E-state index in [0.717, 1.165) is 67.1 Å². The van der Waals surface area contributed by atoms with Crippen LogP contribution in [0.5, 0.6) is 23.0 Å². The van der Waals surface area contributed by atoms with Crippen LogP contribution in [0.2, 0.25) is 0 Å². The lowest BCUT2D eigenvalue weighted by Crippen LogP contribution is -2.29. The fourth-order valence-corrected chi connectivity index (χ4v) is 13.7. The lowest BCUT2D eigenvalue weighted by molar-refractivity contribution is 0.397. The third-order valence-electron chi connectivity index (χ3n) is 12.4. The molecule has 0 saturated heterocycles. The van der Waals surface area contributed by atoms with Gasteiger partial charge in [0.05, 0.1) is 39.6 Å². The van der Waals surface area contributed by atoms with Crippen LogP contribution in [0, 0.1) is 5.41 Å². The Kier molecular flexibility index (Phi) is 9.48. The van der Waals surface area contributed by atoms with Gasteiger partial charge in [0.2, 0.25) is 0 Å². The summed E-state index contributed by atoms with van der Waals surface area (Å²) in [6.07, 6.45) is 7.06. The molecule has 6 aromatic carbocycles. The van der Waals surface area contributed by atoms with E-state index in [1.807, 2.05) is 36.4 Å². The molecule has 0 radical (unpaired) electrons. The maximum absolute atomic E-state index is 18.2. The summed E-state index contributed by atoms with van der Waals surface area (Å²) in [5, 5.41) is 1.70. The molecule has 0 N–H and O–H groups in total. The molecule has 6 aromatic rings. The molecule has 0 amide bonds. The average molecular weight is 785 g/mol. The number of ether oxygens (including phenoxy) is 4. The van der Waals surface area contributed by atoms with Gasteiger partial charge in [0.15, 0.2) is 0 Å². The van der Waals surface area contributed by atoms with Crippen LogP contribution in [0.4, 0.5) is 0 Å². The number of methoxy groups -OCH3 is 4. The van der Waals surface area contributed by atoms with E-state index in [9.17, 15) is 0 Å². The van der Waals surface area contributed by atoms with Crippen LogP contribution in [0.1, 0.15) is 49.4 Å². The lowest BCUT2D eigenvalue weighted by atomic mass is 9.80. The Bertz CT molecular complexity index is 2550. The van der Waals surface area contributed by atoms with Crippen molar-refractivity contribution < 1.29 is 23.5 Å². The molecule has 0 unspecified atom stereocenters. The van der Waals surface area contributed by atoms with Crippen molar-refractivity contribution in [2.45, 2.75) is 40.0 Å². The highest BCUT2D eigenvalue weighted by atomic mass is 31.2. The summed E-state index contributed by atoms with van der Waals surface area (Å²) in [6, 6.07) is 37.7. The second kappa shape index (κ2) is 14.6. The van der Waals surface area contributed by atoms with Gasteiger partial charge in [-0.2, -0.15) is 0 Å². The molecule has 292 valence electrons.